The zero-order valence-electron chi connectivity index (χ0n) is 11.0. The Morgan fingerprint density at radius 3 is 2.44 bits per heavy atom. The number of aryl methyl sites for hydroxylation is 1. The molecule has 0 aliphatic rings. The third kappa shape index (κ3) is 2.95. The van der Waals surface area contributed by atoms with Crippen molar-refractivity contribution in [2.24, 2.45) is 0 Å². The van der Waals surface area contributed by atoms with E-state index < -0.39 is 0 Å². The van der Waals surface area contributed by atoms with Gasteiger partial charge >= 0.3 is 0 Å². The summed E-state index contributed by atoms with van der Waals surface area (Å²) in [6, 6.07) is 6.67. The molecule has 16 heavy (non-hydrogen) atoms. The first-order valence-electron chi connectivity index (χ1n) is 6.41. The van der Waals surface area contributed by atoms with Crippen molar-refractivity contribution in [3.63, 3.8) is 0 Å². The molecular weight excluding hydrogens is 212 g/mol. The number of hydrogen-bond acceptors (Lipinski definition) is 1. The van der Waals surface area contributed by atoms with E-state index in [1.807, 2.05) is 0 Å². The summed E-state index contributed by atoms with van der Waals surface area (Å²) in [5.41, 5.74) is 4.43. The third-order valence-electron chi connectivity index (χ3n) is 3.23. The topological polar surface area (TPSA) is 9.23 Å². The van der Waals surface area contributed by atoms with Gasteiger partial charge in [0.05, 0.1) is 6.10 Å². The lowest BCUT2D eigenvalue weighted by Gasteiger charge is -2.21. The van der Waals surface area contributed by atoms with Crippen LogP contribution >= 0.6 is 0 Å². The van der Waals surface area contributed by atoms with Gasteiger partial charge in [-0.2, -0.15) is 0 Å². The Labute approximate surface area is 103 Å². The van der Waals surface area contributed by atoms with E-state index in [1.165, 1.54) is 23.1 Å². The van der Waals surface area contributed by atoms with Crippen LogP contribution in [0.1, 0.15) is 56.4 Å². The molecule has 0 saturated heterocycles. The predicted octanol–water partition coefficient (Wildman–Crippen LogP) is 2.95. The van der Waals surface area contributed by atoms with Crippen LogP contribution in [0.4, 0.5) is 0 Å². The second-order valence-electron chi connectivity index (χ2n) is 4.21. The van der Waals surface area contributed by atoms with E-state index in [1.54, 1.807) is 0 Å². The molecule has 0 heterocycles. The molecule has 1 rings (SSSR count). The van der Waals surface area contributed by atoms with Gasteiger partial charge in [0.1, 0.15) is 10.5 Å². The zero-order chi connectivity index (χ0) is 12.0. The summed E-state index contributed by atoms with van der Waals surface area (Å²) in [6.07, 6.45) is 4.90. The van der Waals surface area contributed by atoms with Gasteiger partial charge in [-0.25, -0.2) is 0 Å². The molecular formula is C14H24OSi. The number of rotatable bonds is 6. The molecule has 0 aliphatic carbocycles. The molecule has 2 heteroatoms. The summed E-state index contributed by atoms with van der Waals surface area (Å²) < 4.78 is 5.76. The minimum Gasteiger partial charge on any atom is -0.421 e. The summed E-state index contributed by atoms with van der Waals surface area (Å²) >= 11 is 0. The molecule has 90 valence electrons. The summed E-state index contributed by atoms with van der Waals surface area (Å²) in [4.78, 5) is 0. The second kappa shape index (κ2) is 6.87. The van der Waals surface area contributed by atoms with E-state index in [2.05, 4.69) is 39.0 Å². The zero-order valence-corrected chi connectivity index (χ0v) is 13.0. The summed E-state index contributed by atoms with van der Waals surface area (Å²) in [6.45, 7) is 6.70. The van der Waals surface area contributed by atoms with E-state index in [9.17, 15) is 0 Å². The summed E-state index contributed by atoms with van der Waals surface area (Å²) in [5.74, 6) is 0. The lowest BCUT2D eigenvalue weighted by molar-refractivity contribution is 0.212. The molecule has 0 radical (unpaired) electrons. The van der Waals surface area contributed by atoms with E-state index in [4.69, 9.17) is 4.43 Å². The highest BCUT2D eigenvalue weighted by molar-refractivity contribution is 5.98. The highest BCUT2D eigenvalue weighted by Gasteiger charge is 2.14. The van der Waals surface area contributed by atoms with Crippen LogP contribution < -0.4 is 0 Å². The Kier molecular flexibility index (Phi) is 5.78. The number of hydrogen-bond donors (Lipinski definition) is 0. The van der Waals surface area contributed by atoms with Crippen molar-refractivity contribution in [3.05, 3.63) is 34.9 Å². The number of benzene rings is 1. The fraction of sp³-hybridized carbons (Fsp3) is 0.571. The van der Waals surface area contributed by atoms with Crippen molar-refractivity contribution >= 4 is 10.5 Å². The SMILES string of the molecule is CCCC(O[SiH3])c1cccc(CC)c1CC. The second-order valence-corrected chi connectivity index (χ2v) is 4.68. The molecule has 1 aromatic rings. The molecule has 0 N–H and O–H groups in total. The van der Waals surface area contributed by atoms with Crippen LogP contribution in [0.15, 0.2) is 18.2 Å². The third-order valence-corrected chi connectivity index (χ3v) is 3.80. The lowest BCUT2D eigenvalue weighted by Crippen LogP contribution is -2.07. The fourth-order valence-electron chi connectivity index (χ4n) is 2.38. The minimum absolute atomic E-state index is 0.332. The van der Waals surface area contributed by atoms with E-state index in [-0.39, 0.29) is 0 Å². The first-order valence-corrected chi connectivity index (χ1v) is 7.23. The first-order chi connectivity index (χ1) is 7.78. The quantitative estimate of drug-likeness (QED) is 0.690. The minimum atomic E-state index is 0.332. The van der Waals surface area contributed by atoms with Crippen LogP contribution in [0.3, 0.4) is 0 Å². The van der Waals surface area contributed by atoms with Gasteiger partial charge in [-0.1, -0.05) is 45.4 Å². The normalized spacial score (nSPS) is 12.9. The van der Waals surface area contributed by atoms with E-state index >= 15 is 0 Å². The Bertz CT molecular complexity index is 323. The Balaban J connectivity index is 3.09. The standard InChI is InChI=1S/C14H24OSi/c1-4-8-14(15-16)13-10-7-9-11(5-2)12(13)6-3/h7,9-10,14H,4-6,8H2,1-3,16H3. The van der Waals surface area contributed by atoms with Gasteiger partial charge in [0.25, 0.3) is 0 Å². The highest BCUT2D eigenvalue weighted by Crippen LogP contribution is 2.28. The maximum absolute atomic E-state index is 5.76. The summed E-state index contributed by atoms with van der Waals surface area (Å²) in [7, 11) is 0.821. The van der Waals surface area contributed by atoms with Crippen LogP contribution in [0.25, 0.3) is 0 Å². The molecule has 0 amide bonds. The van der Waals surface area contributed by atoms with Crippen molar-refractivity contribution in [1.82, 2.24) is 0 Å². The molecule has 1 atom stereocenters. The fourth-order valence-corrected chi connectivity index (χ4v) is 2.87. The van der Waals surface area contributed by atoms with Crippen LogP contribution in [0.2, 0.25) is 0 Å². The van der Waals surface area contributed by atoms with Crippen LogP contribution in [-0.4, -0.2) is 10.5 Å². The summed E-state index contributed by atoms with van der Waals surface area (Å²) in [5, 5.41) is 0. The van der Waals surface area contributed by atoms with Gasteiger partial charge in [0, 0.05) is 0 Å². The highest BCUT2D eigenvalue weighted by atomic mass is 28.2. The molecule has 0 spiro atoms. The molecule has 0 bridgehead atoms. The average Bonchev–Trinajstić information content (AvgIpc) is 2.34. The largest absolute Gasteiger partial charge is 0.421 e. The van der Waals surface area contributed by atoms with E-state index in [0.29, 0.717) is 6.10 Å². The molecule has 0 fully saturated rings. The van der Waals surface area contributed by atoms with Crippen molar-refractivity contribution < 1.29 is 4.43 Å². The molecule has 0 aromatic heterocycles. The van der Waals surface area contributed by atoms with Crippen LogP contribution in [0.5, 0.6) is 0 Å². The van der Waals surface area contributed by atoms with Gasteiger partial charge in [0.2, 0.25) is 0 Å². The van der Waals surface area contributed by atoms with Crippen molar-refractivity contribution in [2.75, 3.05) is 0 Å². The van der Waals surface area contributed by atoms with E-state index in [0.717, 1.165) is 29.7 Å². The van der Waals surface area contributed by atoms with Gasteiger partial charge < -0.3 is 4.43 Å². The Morgan fingerprint density at radius 1 is 1.19 bits per heavy atom. The van der Waals surface area contributed by atoms with Gasteiger partial charge in [0.15, 0.2) is 0 Å². The maximum atomic E-state index is 5.76. The maximum Gasteiger partial charge on any atom is 0.146 e. The smallest absolute Gasteiger partial charge is 0.146 e. The Hall–Kier alpha value is -0.603. The average molecular weight is 236 g/mol. The van der Waals surface area contributed by atoms with Gasteiger partial charge in [-0.05, 0) is 36.0 Å². The van der Waals surface area contributed by atoms with Gasteiger partial charge in [-0.3, -0.25) is 0 Å². The first kappa shape index (κ1) is 13.5. The molecule has 1 aromatic carbocycles. The Morgan fingerprint density at radius 2 is 1.94 bits per heavy atom. The van der Waals surface area contributed by atoms with Crippen molar-refractivity contribution in [1.29, 1.82) is 0 Å². The molecule has 1 nitrogen and oxygen atoms in total. The van der Waals surface area contributed by atoms with Crippen LogP contribution in [-0.2, 0) is 17.3 Å². The monoisotopic (exact) mass is 236 g/mol. The molecule has 1 unspecified atom stereocenters. The molecule has 0 aliphatic heterocycles. The molecule has 0 saturated carbocycles. The predicted molar refractivity (Wildman–Crippen MR) is 73.9 cm³/mol. The van der Waals surface area contributed by atoms with Gasteiger partial charge in [-0.15, -0.1) is 0 Å². The van der Waals surface area contributed by atoms with Crippen molar-refractivity contribution in [2.45, 2.75) is 52.6 Å². The van der Waals surface area contributed by atoms with Crippen LogP contribution in [0, 0.1) is 0 Å². The lowest BCUT2D eigenvalue weighted by atomic mass is 9.92. The van der Waals surface area contributed by atoms with Crippen molar-refractivity contribution in [3.8, 4) is 0 Å².